The summed E-state index contributed by atoms with van der Waals surface area (Å²) in [7, 11) is 0. The van der Waals surface area contributed by atoms with Crippen LogP contribution in [-0.4, -0.2) is 36.1 Å². The third-order valence-electron chi connectivity index (χ3n) is 3.05. The van der Waals surface area contributed by atoms with E-state index >= 15 is 0 Å². The van der Waals surface area contributed by atoms with Gasteiger partial charge in [-0.1, -0.05) is 18.2 Å². The standard InChI is InChI=1S/C14H21NO3/c16-13(10-18-9-11-5-6-11)8-15-7-12-3-1-2-4-14(12)17/h1-4,11,13,15-17H,5-10H2. The summed E-state index contributed by atoms with van der Waals surface area (Å²) in [6.07, 6.45) is 2.04. The molecule has 2 rings (SSSR count). The van der Waals surface area contributed by atoms with E-state index in [4.69, 9.17) is 4.74 Å². The monoisotopic (exact) mass is 251 g/mol. The second-order valence-electron chi connectivity index (χ2n) is 4.89. The molecule has 1 aliphatic rings. The molecule has 1 saturated carbocycles. The van der Waals surface area contributed by atoms with Crippen molar-refractivity contribution in [3.8, 4) is 5.75 Å². The van der Waals surface area contributed by atoms with Gasteiger partial charge in [0.05, 0.1) is 12.7 Å². The minimum atomic E-state index is -0.491. The Labute approximate surface area is 108 Å². The van der Waals surface area contributed by atoms with Crippen molar-refractivity contribution in [3.05, 3.63) is 29.8 Å². The van der Waals surface area contributed by atoms with E-state index in [1.165, 1.54) is 12.8 Å². The number of phenols is 1. The molecule has 4 heteroatoms. The molecule has 0 amide bonds. The molecule has 3 N–H and O–H groups in total. The largest absolute Gasteiger partial charge is 0.508 e. The Bertz CT molecular complexity index is 366. The Morgan fingerprint density at radius 2 is 2.11 bits per heavy atom. The van der Waals surface area contributed by atoms with Crippen LogP contribution in [0.4, 0.5) is 0 Å². The van der Waals surface area contributed by atoms with Crippen LogP contribution in [0, 0.1) is 5.92 Å². The van der Waals surface area contributed by atoms with E-state index in [-0.39, 0.29) is 5.75 Å². The van der Waals surface area contributed by atoms with Gasteiger partial charge >= 0.3 is 0 Å². The third kappa shape index (κ3) is 4.64. The van der Waals surface area contributed by atoms with Crippen molar-refractivity contribution in [1.82, 2.24) is 5.32 Å². The first-order valence-electron chi connectivity index (χ1n) is 6.49. The Hall–Kier alpha value is -1.10. The summed E-state index contributed by atoms with van der Waals surface area (Å²) in [5.74, 6) is 1.01. The molecule has 1 fully saturated rings. The molecule has 0 radical (unpaired) electrons. The number of aliphatic hydroxyl groups excluding tert-OH is 1. The number of ether oxygens (including phenoxy) is 1. The molecule has 0 bridgehead atoms. The summed E-state index contributed by atoms with van der Waals surface area (Å²) in [6.45, 7) is 2.17. The quantitative estimate of drug-likeness (QED) is 0.651. The molecule has 0 spiro atoms. The zero-order valence-electron chi connectivity index (χ0n) is 10.5. The summed E-state index contributed by atoms with van der Waals surface area (Å²) < 4.78 is 5.41. The number of hydrogen-bond donors (Lipinski definition) is 3. The average molecular weight is 251 g/mol. The fourth-order valence-electron chi connectivity index (χ4n) is 1.75. The van der Waals surface area contributed by atoms with Gasteiger partial charge in [0.25, 0.3) is 0 Å². The lowest BCUT2D eigenvalue weighted by atomic mass is 10.2. The number of aliphatic hydroxyl groups is 1. The topological polar surface area (TPSA) is 61.7 Å². The highest BCUT2D eigenvalue weighted by molar-refractivity contribution is 5.31. The molecule has 4 nitrogen and oxygen atoms in total. The summed E-state index contributed by atoms with van der Waals surface area (Å²) in [6, 6.07) is 7.19. The molecule has 1 unspecified atom stereocenters. The number of rotatable bonds is 8. The lowest BCUT2D eigenvalue weighted by Gasteiger charge is -2.12. The van der Waals surface area contributed by atoms with Crippen molar-refractivity contribution in [2.75, 3.05) is 19.8 Å². The van der Waals surface area contributed by atoms with Crippen LogP contribution in [0.2, 0.25) is 0 Å². The Morgan fingerprint density at radius 3 is 2.83 bits per heavy atom. The van der Waals surface area contributed by atoms with Crippen molar-refractivity contribution >= 4 is 0 Å². The van der Waals surface area contributed by atoms with E-state index in [0.717, 1.165) is 18.1 Å². The van der Waals surface area contributed by atoms with Crippen molar-refractivity contribution in [2.24, 2.45) is 5.92 Å². The van der Waals surface area contributed by atoms with Crippen molar-refractivity contribution in [2.45, 2.75) is 25.5 Å². The van der Waals surface area contributed by atoms with E-state index in [0.29, 0.717) is 19.7 Å². The number of para-hydroxylation sites is 1. The SMILES string of the molecule is Oc1ccccc1CNCC(O)COCC1CC1. The maximum Gasteiger partial charge on any atom is 0.120 e. The lowest BCUT2D eigenvalue weighted by Crippen LogP contribution is -2.30. The zero-order chi connectivity index (χ0) is 12.8. The smallest absolute Gasteiger partial charge is 0.120 e. The molecule has 1 aromatic rings. The minimum Gasteiger partial charge on any atom is -0.508 e. The van der Waals surface area contributed by atoms with Gasteiger partial charge in [-0.05, 0) is 24.8 Å². The van der Waals surface area contributed by atoms with Crippen molar-refractivity contribution in [3.63, 3.8) is 0 Å². The average Bonchev–Trinajstić information content (AvgIpc) is 3.16. The van der Waals surface area contributed by atoms with Gasteiger partial charge < -0.3 is 20.3 Å². The van der Waals surface area contributed by atoms with E-state index in [1.54, 1.807) is 12.1 Å². The van der Waals surface area contributed by atoms with Gasteiger partial charge in [0.1, 0.15) is 5.75 Å². The molecule has 0 aromatic heterocycles. The van der Waals surface area contributed by atoms with Crippen LogP contribution in [0.15, 0.2) is 24.3 Å². The summed E-state index contributed by atoms with van der Waals surface area (Å²) in [4.78, 5) is 0. The van der Waals surface area contributed by atoms with Gasteiger partial charge in [0.15, 0.2) is 0 Å². The van der Waals surface area contributed by atoms with Crippen LogP contribution >= 0.6 is 0 Å². The summed E-state index contributed by atoms with van der Waals surface area (Å²) in [5, 5.41) is 22.3. The molecular formula is C14H21NO3. The minimum absolute atomic E-state index is 0.282. The number of nitrogens with one attached hydrogen (secondary N) is 1. The molecule has 0 saturated heterocycles. The Morgan fingerprint density at radius 1 is 1.33 bits per heavy atom. The van der Waals surface area contributed by atoms with E-state index < -0.39 is 6.10 Å². The van der Waals surface area contributed by atoms with Gasteiger partial charge in [0.2, 0.25) is 0 Å². The highest BCUT2D eigenvalue weighted by Gasteiger charge is 2.21. The van der Waals surface area contributed by atoms with Crippen LogP contribution in [-0.2, 0) is 11.3 Å². The van der Waals surface area contributed by atoms with Crippen molar-refractivity contribution < 1.29 is 14.9 Å². The summed E-state index contributed by atoms with van der Waals surface area (Å²) >= 11 is 0. The number of hydrogen-bond acceptors (Lipinski definition) is 4. The molecule has 1 aromatic carbocycles. The number of aromatic hydroxyl groups is 1. The Balaban J connectivity index is 1.57. The van der Waals surface area contributed by atoms with Gasteiger partial charge in [-0.25, -0.2) is 0 Å². The maximum absolute atomic E-state index is 9.68. The highest BCUT2D eigenvalue weighted by Crippen LogP contribution is 2.28. The van der Waals surface area contributed by atoms with Crippen LogP contribution in [0.3, 0.4) is 0 Å². The van der Waals surface area contributed by atoms with Crippen LogP contribution in [0.5, 0.6) is 5.75 Å². The first-order valence-corrected chi connectivity index (χ1v) is 6.49. The van der Waals surface area contributed by atoms with Gasteiger partial charge in [0, 0.05) is 25.3 Å². The molecule has 18 heavy (non-hydrogen) atoms. The van der Waals surface area contributed by atoms with Gasteiger partial charge in [-0.15, -0.1) is 0 Å². The predicted octanol–water partition coefficient (Wildman–Crippen LogP) is 1.27. The fraction of sp³-hybridized carbons (Fsp3) is 0.571. The molecule has 1 atom stereocenters. The van der Waals surface area contributed by atoms with Crippen LogP contribution < -0.4 is 5.32 Å². The lowest BCUT2D eigenvalue weighted by molar-refractivity contribution is 0.0324. The van der Waals surface area contributed by atoms with E-state index in [1.807, 2.05) is 12.1 Å². The van der Waals surface area contributed by atoms with Gasteiger partial charge in [-0.2, -0.15) is 0 Å². The zero-order valence-corrected chi connectivity index (χ0v) is 10.5. The second kappa shape index (κ2) is 6.73. The normalized spacial score (nSPS) is 16.7. The first kappa shape index (κ1) is 13.3. The predicted molar refractivity (Wildman–Crippen MR) is 69.4 cm³/mol. The Kier molecular flexibility index (Phi) is 4.99. The fourth-order valence-corrected chi connectivity index (χ4v) is 1.75. The number of phenolic OH excluding ortho intramolecular Hbond substituents is 1. The molecule has 1 aliphatic carbocycles. The van der Waals surface area contributed by atoms with Crippen LogP contribution in [0.1, 0.15) is 18.4 Å². The molecule has 0 aliphatic heterocycles. The highest BCUT2D eigenvalue weighted by atomic mass is 16.5. The van der Waals surface area contributed by atoms with Gasteiger partial charge in [-0.3, -0.25) is 0 Å². The molecule has 0 heterocycles. The number of benzene rings is 1. The molecule has 100 valence electrons. The van der Waals surface area contributed by atoms with Crippen LogP contribution in [0.25, 0.3) is 0 Å². The van der Waals surface area contributed by atoms with E-state index in [2.05, 4.69) is 5.32 Å². The van der Waals surface area contributed by atoms with Crippen molar-refractivity contribution in [1.29, 1.82) is 0 Å². The third-order valence-corrected chi connectivity index (χ3v) is 3.05. The second-order valence-corrected chi connectivity index (χ2v) is 4.89. The molecular weight excluding hydrogens is 230 g/mol. The maximum atomic E-state index is 9.68. The summed E-state index contributed by atoms with van der Waals surface area (Å²) in [5.41, 5.74) is 0.837. The van der Waals surface area contributed by atoms with E-state index in [9.17, 15) is 10.2 Å². The first-order chi connectivity index (χ1) is 8.75.